The van der Waals surface area contributed by atoms with Gasteiger partial charge in [-0.2, -0.15) is 0 Å². The molecule has 1 aromatic carbocycles. The van der Waals surface area contributed by atoms with E-state index in [1.54, 1.807) is 0 Å². The SMILES string of the molecule is OC1(c2cccc(F)c2F)CCN(C2CC2)C1. The third kappa shape index (κ3) is 1.85. The molecule has 0 bridgehead atoms. The molecule has 1 aliphatic heterocycles. The normalized spacial score (nSPS) is 29.8. The summed E-state index contributed by atoms with van der Waals surface area (Å²) in [5.74, 6) is -1.80. The van der Waals surface area contributed by atoms with E-state index in [-0.39, 0.29) is 5.56 Å². The fourth-order valence-corrected chi connectivity index (χ4v) is 2.66. The van der Waals surface area contributed by atoms with Gasteiger partial charge in [-0.1, -0.05) is 12.1 Å². The Morgan fingerprint density at radius 3 is 2.76 bits per heavy atom. The molecular weight excluding hydrogens is 224 g/mol. The minimum atomic E-state index is -1.23. The fourth-order valence-electron chi connectivity index (χ4n) is 2.66. The Balaban J connectivity index is 1.89. The lowest BCUT2D eigenvalue weighted by Gasteiger charge is -2.24. The molecule has 1 aliphatic carbocycles. The van der Waals surface area contributed by atoms with E-state index >= 15 is 0 Å². The maximum absolute atomic E-state index is 13.7. The molecule has 1 saturated heterocycles. The van der Waals surface area contributed by atoms with Gasteiger partial charge >= 0.3 is 0 Å². The summed E-state index contributed by atoms with van der Waals surface area (Å²) in [4.78, 5) is 2.17. The summed E-state index contributed by atoms with van der Waals surface area (Å²) in [6.45, 7) is 1.18. The standard InChI is InChI=1S/C13H15F2NO/c14-11-3-1-2-10(12(11)15)13(17)6-7-16(8-13)9-4-5-9/h1-3,9,17H,4-8H2. The van der Waals surface area contributed by atoms with Crippen molar-refractivity contribution in [2.45, 2.75) is 30.9 Å². The fraction of sp³-hybridized carbons (Fsp3) is 0.538. The Hall–Kier alpha value is -1.00. The summed E-state index contributed by atoms with van der Waals surface area (Å²) in [5.41, 5.74) is -1.13. The van der Waals surface area contributed by atoms with Crippen molar-refractivity contribution in [2.75, 3.05) is 13.1 Å². The van der Waals surface area contributed by atoms with Crippen molar-refractivity contribution < 1.29 is 13.9 Å². The van der Waals surface area contributed by atoms with Gasteiger partial charge in [0.1, 0.15) is 5.60 Å². The average molecular weight is 239 g/mol. The molecule has 2 aliphatic rings. The van der Waals surface area contributed by atoms with Gasteiger partial charge in [0.05, 0.1) is 0 Å². The Labute approximate surface area is 98.9 Å². The van der Waals surface area contributed by atoms with Gasteiger partial charge in [0, 0.05) is 24.7 Å². The zero-order chi connectivity index (χ0) is 12.0. The van der Waals surface area contributed by atoms with Crippen LogP contribution in [0.25, 0.3) is 0 Å². The lowest BCUT2D eigenvalue weighted by atomic mass is 9.92. The van der Waals surface area contributed by atoms with Crippen LogP contribution in [0.3, 0.4) is 0 Å². The number of β-amino-alcohol motifs (C(OH)–C–C–N with tert-alkyl or cyclic N) is 1. The second kappa shape index (κ2) is 3.75. The molecule has 1 unspecified atom stereocenters. The van der Waals surface area contributed by atoms with E-state index in [1.165, 1.54) is 12.1 Å². The van der Waals surface area contributed by atoms with Gasteiger partial charge in [-0.15, -0.1) is 0 Å². The molecule has 17 heavy (non-hydrogen) atoms. The molecule has 1 N–H and O–H groups in total. The second-order valence-corrected chi connectivity index (χ2v) is 5.08. The van der Waals surface area contributed by atoms with Gasteiger partial charge in [0.25, 0.3) is 0 Å². The van der Waals surface area contributed by atoms with E-state index in [0.717, 1.165) is 25.5 Å². The molecule has 1 aromatic rings. The number of aliphatic hydroxyl groups is 1. The largest absolute Gasteiger partial charge is 0.384 e. The first-order valence-electron chi connectivity index (χ1n) is 6.01. The van der Waals surface area contributed by atoms with Crippen molar-refractivity contribution >= 4 is 0 Å². The number of hydrogen-bond donors (Lipinski definition) is 1. The molecule has 0 spiro atoms. The van der Waals surface area contributed by atoms with Crippen molar-refractivity contribution in [1.82, 2.24) is 4.90 Å². The van der Waals surface area contributed by atoms with Gasteiger partial charge in [-0.3, -0.25) is 4.90 Å². The Morgan fingerprint density at radius 2 is 2.06 bits per heavy atom. The van der Waals surface area contributed by atoms with Crippen LogP contribution in [0.5, 0.6) is 0 Å². The molecule has 1 saturated carbocycles. The zero-order valence-electron chi connectivity index (χ0n) is 9.50. The van der Waals surface area contributed by atoms with Gasteiger partial charge in [0.2, 0.25) is 0 Å². The van der Waals surface area contributed by atoms with Crippen LogP contribution in [-0.4, -0.2) is 29.1 Å². The molecule has 3 rings (SSSR count). The molecule has 2 fully saturated rings. The van der Waals surface area contributed by atoms with Crippen LogP contribution < -0.4 is 0 Å². The van der Waals surface area contributed by atoms with Crippen LogP contribution in [0.1, 0.15) is 24.8 Å². The minimum absolute atomic E-state index is 0.0978. The highest BCUT2D eigenvalue weighted by Crippen LogP contribution is 2.39. The lowest BCUT2D eigenvalue weighted by Crippen LogP contribution is -2.32. The van der Waals surface area contributed by atoms with E-state index in [9.17, 15) is 13.9 Å². The molecule has 2 nitrogen and oxygen atoms in total. The Bertz CT molecular complexity index is 447. The third-order valence-corrected chi connectivity index (χ3v) is 3.79. The average Bonchev–Trinajstić information content (AvgIpc) is 3.07. The van der Waals surface area contributed by atoms with E-state index in [2.05, 4.69) is 4.90 Å². The van der Waals surface area contributed by atoms with Crippen LogP contribution in [0.15, 0.2) is 18.2 Å². The van der Waals surface area contributed by atoms with Gasteiger partial charge < -0.3 is 5.11 Å². The van der Waals surface area contributed by atoms with Crippen LogP contribution in [-0.2, 0) is 5.60 Å². The van der Waals surface area contributed by atoms with E-state index in [0.29, 0.717) is 19.0 Å². The first-order valence-corrected chi connectivity index (χ1v) is 6.01. The van der Waals surface area contributed by atoms with Crippen LogP contribution >= 0.6 is 0 Å². The van der Waals surface area contributed by atoms with Crippen molar-refractivity contribution in [3.05, 3.63) is 35.4 Å². The van der Waals surface area contributed by atoms with E-state index in [1.807, 2.05) is 0 Å². The number of benzene rings is 1. The Kier molecular flexibility index (Phi) is 2.45. The summed E-state index contributed by atoms with van der Waals surface area (Å²) in [5, 5.41) is 10.5. The molecule has 1 heterocycles. The number of likely N-dealkylation sites (tertiary alicyclic amines) is 1. The number of nitrogens with zero attached hydrogens (tertiary/aromatic N) is 1. The predicted molar refractivity (Wildman–Crippen MR) is 59.5 cm³/mol. The zero-order valence-corrected chi connectivity index (χ0v) is 9.50. The van der Waals surface area contributed by atoms with Crippen LogP contribution in [0.2, 0.25) is 0 Å². The molecule has 1 atom stereocenters. The minimum Gasteiger partial charge on any atom is -0.384 e. The first-order chi connectivity index (χ1) is 8.10. The lowest BCUT2D eigenvalue weighted by molar-refractivity contribution is 0.0409. The van der Waals surface area contributed by atoms with Gasteiger partial charge in [-0.25, -0.2) is 8.78 Å². The topological polar surface area (TPSA) is 23.5 Å². The van der Waals surface area contributed by atoms with Crippen LogP contribution in [0.4, 0.5) is 8.78 Å². The third-order valence-electron chi connectivity index (χ3n) is 3.79. The summed E-state index contributed by atoms with van der Waals surface area (Å²) in [6.07, 6.45) is 2.79. The van der Waals surface area contributed by atoms with Crippen molar-refractivity contribution in [3.8, 4) is 0 Å². The van der Waals surface area contributed by atoms with Gasteiger partial charge in [-0.05, 0) is 25.3 Å². The highest BCUT2D eigenvalue weighted by Gasteiger charge is 2.44. The summed E-state index contributed by atoms with van der Waals surface area (Å²) < 4.78 is 26.9. The maximum Gasteiger partial charge on any atom is 0.164 e. The highest BCUT2D eigenvalue weighted by atomic mass is 19.2. The number of rotatable bonds is 2. The van der Waals surface area contributed by atoms with Gasteiger partial charge in [0.15, 0.2) is 11.6 Å². The predicted octanol–water partition coefficient (Wildman–Crippen LogP) is 2.02. The summed E-state index contributed by atoms with van der Waals surface area (Å²) in [6, 6.07) is 4.55. The molecule has 0 aromatic heterocycles. The monoisotopic (exact) mass is 239 g/mol. The van der Waals surface area contributed by atoms with E-state index < -0.39 is 17.2 Å². The highest BCUT2D eigenvalue weighted by molar-refractivity contribution is 5.27. The first kappa shape index (κ1) is 11.1. The van der Waals surface area contributed by atoms with E-state index in [4.69, 9.17) is 0 Å². The number of hydrogen-bond acceptors (Lipinski definition) is 2. The summed E-state index contributed by atoms with van der Waals surface area (Å²) in [7, 11) is 0. The molecule has 4 heteroatoms. The van der Waals surface area contributed by atoms with Crippen molar-refractivity contribution in [1.29, 1.82) is 0 Å². The molecule has 92 valence electrons. The Morgan fingerprint density at radius 1 is 1.29 bits per heavy atom. The van der Waals surface area contributed by atoms with Crippen LogP contribution in [0, 0.1) is 11.6 Å². The maximum atomic E-state index is 13.7. The molecule has 0 amide bonds. The van der Waals surface area contributed by atoms with Crippen molar-refractivity contribution in [3.63, 3.8) is 0 Å². The molecular formula is C13H15F2NO. The quantitative estimate of drug-likeness (QED) is 0.853. The molecule has 0 radical (unpaired) electrons. The second-order valence-electron chi connectivity index (χ2n) is 5.08. The smallest absolute Gasteiger partial charge is 0.164 e. The summed E-state index contributed by atoms with van der Waals surface area (Å²) >= 11 is 0. The number of halogens is 2. The van der Waals surface area contributed by atoms with Crippen molar-refractivity contribution in [2.24, 2.45) is 0 Å².